The van der Waals surface area contributed by atoms with Crippen molar-refractivity contribution in [2.45, 2.75) is 27.7 Å². The Labute approximate surface area is 124 Å². The molecule has 1 unspecified atom stereocenters. The van der Waals surface area contributed by atoms with E-state index in [0.717, 1.165) is 23.3 Å². The van der Waals surface area contributed by atoms with Crippen LogP contribution in [0.4, 0.5) is 11.4 Å². The van der Waals surface area contributed by atoms with Crippen molar-refractivity contribution in [2.75, 3.05) is 11.9 Å². The Hall–Kier alpha value is -2.17. The van der Waals surface area contributed by atoms with Gasteiger partial charge in [-0.15, -0.1) is 0 Å². The fourth-order valence-corrected chi connectivity index (χ4v) is 2.15. The number of hydrogen-bond donors (Lipinski definition) is 1. The van der Waals surface area contributed by atoms with Gasteiger partial charge in [0.25, 0.3) is 5.69 Å². The van der Waals surface area contributed by atoms with Gasteiger partial charge in [-0.1, -0.05) is 20.8 Å². The number of nitrogens with one attached hydrogen (secondary N) is 1. The van der Waals surface area contributed by atoms with E-state index in [-0.39, 0.29) is 10.6 Å². The number of rotatable bonds is 5. The Morgan fingerprint density at radius 3 is 2.62 bits per heavy atom. The minimum atomic E-state index is -0.361. The molecule has 1 N–H and O–H groups in total. The third kappa shape index (κ3) is 3.29. The maximum Gasteiger partial charge on any atom is 0.278 e. The predicted octanol–water partition coefficient (Wildman–Crippen LogP) is 4.16. The van der Waals surface area contributed by atoms with E-state index in [4.69, 9.17) is 0 Å². The van der Waals surface area contributed by atoms with Gasteiger partial charge >= 0.3 is 0 Å². The molecule has 1 aromatic heterocycles. The molecule has 1 aromatic carbocycles. The van der Waals surface area contributed by atoms with Crippen molar-refractivity contribution in [2.24, 2.45) is 11.8 Å². The van der Waals surface area contributed by atoms with E-state index in [1.807, 2.05) is 13.0 Å². The molecular formula is C16H21N3O2. The Bertz CT molecular complexity index is 668. The van der Waals surface area contributed by atoms with Crippen molar-refractivity contribution in [1.82, 2.24) is 4.98 Å². The zero-order chi connectivity index (χ0) is 15.6. The summed E-state index contributed by atoms with van der Waals surface area (Å²) in [6, 6.07) is 5.22. The summed E-state index contributed by atoms with van der Waals surface area (Å²) in [6.07, 6.45) is 1.58. The largest absolute Gasteiger partial charge is 0.384 e. The average Bonchev–Trinajstić information content (AvgIpc) is 2.43. The molecule has 2 rings (SSSR count). The summed E-state index contributed by atoms with van der Waals surface area (Å²) >= 11 is 0. The van der Waals surface area contributed by atoms with Crippen molar-refractivity contribution in [3.8, 4) is 0 Å². The lowest BCUT2D eigenvalue weighted by Gasteiger charge is -2.18. The lowest BCUT2D eigenvalue weighted by atomic mass is 9.98. The van der Waals surface area contributed by atoms with E-state index in [9.17, 15) is 10.1 Å². The Kier molecular flexibility index (Phi) is 4.40. The molecule has 0 aliphatic rings. The van der Waals surface area contributed by atoms with Crippen molar-refractivity contribution in [3.63, 3.8) is 0 Å². The van der Waals surface area contributed by atoms with Gasteiger partial charge in [0.2, 0.25) is 0 Å². The van der Waals surface area contributed by atoms with Crippen LogP contribution in [0.1, 0.15) is 26.5 Å². The van der Waals surface area contributed by atoms with Gasteiger partial charge in [0.05, 0.1) is 10.3 Å². The SMILES string of the molecule is Cc1cc2c(NCC(C)C(C)C)ccc([N+](=O)[O-])c2cn1. The van der Waals surface area contributed by atoms with E-state index in [0.29, 0.717) is 17.2 Å². The average molecular weight is 287 g/mol. The van der Waals surface area contributed by atoms with Crippen LogP contribution in [0.3, 0.4) is 0 Å². The summed E-state index contributed by atoms with van der Waals surface area (Å²) in [5.41, 5.74) is 1.87. The maximum absolute atomic E-state index is 11.1. The zero-order valence-corrected chi connectivity index (χ0v) is 12.9. The van der Waals surface area contributed by atoms with Gasteiger partial charge in [0.15, 0.2) is 0 Å². The molecule has 5 heteroatoms. The summed E-state index contributed by atoms with van der Waals surface area (Å²) in [5.74, 6) is 1.11. The molecule has 0 radical (unpaired) electrons. The van der Waals surface area contributed by atoms with Crippen molar-refractivity contribution in [3.05, 3.63) is 40.2 Å². The highest BCUT2D eigenvalue weighted by atomic mass is 16.6. The first-order valence-electron chi connectivity index (χ1n) is 7.17. The van der Waals surface area contributed by atoms with Crippen LogP contribution in [0.25, 0.3) is 10.8 Å². The zero-order valence-electron chi connectivity index (χ0n) is 12.9. The van der Waals surface area contributed by atoms with Gasteiger partial charge < -0.3 is 5.32 Å². The van der Waals surface area contributed by atoms with Gasteiger partial charge in [0, 0.05) is 35.6 Å². The second kappa shape index (κ2) is 6.08. The fraction of sp³-hybridized carbons (Fsp3) is 0.438. The lowest BCUT2D eigenvalue weighted by molar-refractivity contribution is -0.383. The molecule has 2 aromatic rings. The number of hydrogen-bond acceptors (Lipinski definition) is 4. The molecule has 0 aliphatic heterocycles. The molecule has 21 heavy (non-hydrogen) atoms. The number of benzene rings is 1. The molecule has 0 fully saturated rings. The number of nitrogens with zero attached hydrogens (tertiary/aromatic N) is 2. The second-order valence-electron chi connectivity index (χ2n) is 5.86. The molecule has 112 valence electrons. The van der Waals surface area contributed by atoms with Crippen LogP contribution < -0.4 is 5.32 Å². The number of pyridine rings is 1. The first-order chi connectivity index (χ1) is 9.90. The minimum Gasteiger partial charge on any atom is -0.384 e. The quantitative estimate of drug-likeness (QED) is 0.662. The van der Waals surface area contributed by atoms with Crippen molar-refractivity contribution in [1.29, 1.82) is 0 Å². The molecule has 5 nitrogen and oxygen atoms in total. The van der Waals surface area contributed by atoms with Crippen LogP contribution in [0, 0.1) is 28.9 Å². The standard InChI is InChI=1S/C16H21N3O2/c1-10(2)11(3)8-18-15-5-6-16(19(20)21)14-9-17-12(4)7-13(14)15/h5-7,9-11,18H,8H2,1-4H3. The van der Waals surface area contributed by atoms with Crippen LogP contribution in [-0.2, 0) is 0 Å². The maximum atomic E-state index is 11.1. The number of nitro benzene ring substituents is 1. The van der Waals surface area contributed by atoms with Gasteiger partial charge in [-0.25, -0.2) is 0 Å². The highest BCUT2D eigenvalue weighted by Crippen LogP contribution is 2.31. The summed E-state index contributed by atoms with van der Waals surface area (Å²) in [7, 11) is 0. The van der Waals surface area contributed by atoms with E-state index >= 15 is 0 Å². The van der Waals surface area contributed by atoms with Gasteiger partial charge in [-0.3, -0.25) is 15.1 Å². The number of anilines is 1. The van der Waals surface area contributed by atoms with Gasteiger partial charge in [-0.05, 0) is 30.9 Å². The van der Waals surface area contributed by atoms with Crippen LogP contribution in [0.5, 0.6) is 0 Å². The smallest absolute Gasteiger partial charge is 0.278 e. The molecule has 0 spiro atoms. The highest BCUT2D eigenvalue weighted by molar-refractivity contribution is 5.99. The van der Waals surface area contributed by atoms with Crippen LogP contribution >= 0.6 is 0 Å². The first-order valence-corrected chi connectivity index (χ1v) is 7.17. The number of aromatic nitrogens is 1. The van der Waals surface area contributed by atoms with E-state index in [1.54, 1.807) is 18.3 Å². The van der Waals surface area contributed by atoms with Crippen LogP contribution in [0.15, 0.2) is 24.4 Å². The summed E-state index contributed by atoms with van der Waals surface area (Å²) in [4.78, 5) is 14.9. The number of aryl methyl sites for hydroxylation is 1. The fourth-order valence-electron chi connectivity index (χ4n) is 2.15. The molecule has 1 atom stereocenters. The Morgan fingerprint density at radius 1 is 1.29 bits per heavy atom. The van der Waals surface area contributed by atoms with Crippen LogP contribution in [-0.4, -0.2) is 16.5 Å². The molecule has 0 saturated carbocycles. The molecular weight excluding hydrogens is 266 g/mol. The number of fused-ring (bicyclic) bond motifs is 1. The molecule has 0 bridgehead atoms. The topological polar surface area (TPSA) is 68.1 Å². The van der Waals surface area contributed by atoms with E-state index in [1.165, 1.54) is 0 Å². The third-order valence-electron chi connectivity index (χ3n) is 3.96. The number of non-ortho nitro benzene ring substituents is 1. The Morgan fingerprint density at radius 2 is 2.00 bits per heavy atom. The molecule has 0 aliphatic carbocycles. The predicted molar refractivity (Wildman–Crippen MR) is 85.6 cm³/mol. The third-order valence-corrected chi connectivity index (χ3v) is 3.96. The van der Waals surface area contributed by atoms with E-state index in [2.05, 4.69) is 31.1 Å². The highest BCUT2D eigenvalue weighted by Gasteiger charge is 2.15. The van der Waals surface area contributed by atoms with Crippen LogP contribution in [0.2, 0.25) is 0 Å². The van der Waals surface area contributed by atoms with Gasteiger partial charge in [0.1, 0.15) is 0 Å². The monoisotopic (exact) mass is 287 g/mol. The summed E-state index contributed by atoms with van der Waals surface area (Å²) in [5, 5.41) is 16.0. The van der Waals surface area contributed by atoms with Crippen molar-refractivity contribution >= 4 is 22.1 Å². The molecule has 1 heterocycles. The summed E-state index contributed by atoms with van der Waals surface area (Å²) < 4.78 is 0. The van der Waals surface area contributed by atoms with E-state index < -0.39 is 0 Å². The Balaban J connectivity index is 2.43. The van der Waals surface area contributed by atoms with Gasteiger partial charge in [-0.2, -0.15) is 0 Å². The second-order valence-corrected chi connectivity index (χ2v) is 5.86. The summed E-state index contributed by atoms with van der Waals surface area (Å²) in [6.45, 7) is 9.30. The molecule has 0 amide bonds. The normalized spacial score (nSPS) is 12.6. The minimum absolute atomic E-state index is 0.0972. The lowest BCUT2D eigenvalue weighted by Crippen LogP contribution is -2.16. The first kappa shape index (κ1) is 15.2. The molecule has 0 saturated heterocycles. The van der Waals surface area contributed by atoms with Crippen molar-refractivity contribution < 1.29 is 4.92 Å². The number of nitro groups is 1.